The average molecular weight is 480 g/mol. The molecule has 1 aliphatic heterocycles. The Balaban J connectivity index is 1.61. The van der Waals surface area contributed by atoms with E-state index in [1.165, 1.54) is 23.4 Å². The molecule has 178 valence electrons. The first-order valence-corrected chi connectivity index (χ1v) is 10.5. The Bertz CT molecular complexity index is 1460. The topological polar surface area (TPSA) is 110 Å². The summed E-state index contributed by atoms with van der Waals surface area (Å²) in [4.78, 5) is 18.5. The number of benzene rings is 2. The summed E-state index contributed by atoms with van der Waals surface area (Å²) in [6.07, 6.45) is -3.05. The molecular weight excluding hydrogens is 461 g/mol. The summed E-state index contributed by atoms with van der Waals surface area (Å²) >= 11 is 0. The van der Waals surface area contributed by atoms with Crippen LogP contribution in [-0.2, 0) is 26.4 Å². The largest absolute Gasteiger partial charge is 0.416 e. The van der Waals surface area contributed by atoms with Crippen LogP contribution in [0, 0.1) is 0 Å². The number of halogens is 3. The van der Waals surface area contributed by atoms with Crippen LogP contribution in [0.15, 0.2) is 54.9 Å². The number of aliphatic hydroxyl groups is 1. The minimum atomic E-state index is -4.59. The molecule has 0 unspecified atom stereocenters. The first-order chi connectivity index (χ1) is 16.7. The van der Waals surface area contributed by atoms with Gasteiger partial charge in [-0.2, -0.15) is 13.2 Å². The Morgan fingerprint density at radius 3 is 2.57 bits per heavy atom. The van der Waals surface area contributed by atoms with E-state index in [4.69, 9.17) is 5.73 Å². The van der Waals surface area contributed by atoms with Gasteiger partial charge >= 0.3 is 6.18 Å². The summed E-state index contributed by atoms with van der Waals surface area (Å²) in [7, 11) is 1.77. The Morgan fingerprint density at radius 1 is 1.09 bits per heavy atom. The van der Waals surface area contributed by atoms with Gasteiger partial charge in [-0.1, -0.05) is 18.2 Å². The predicted molar refractivity (Wildman–Crippen MR) is 122 cm³/mol. The molecule has 35 heavy (non-hydrogen) atoms. The maximum atomic E-state index is 13.5. The monoisotopic (exact) mass is 480 g/mol. The second-order valence-electron chi connectivity index (χ2n) is 8.16. The number of carbonyl (C=O) groups is 1. The fourth-order valence-electron chi connectivity index (χ4n) is 4.27. The van der Waals surface area contributed by atoms with Crippen molar-refractivity contribution in [1.82, 2.24) is 19.7 Å². The van der Waals surface area contributed by atoms with Crippen LogP contribution in [-0.4, -0.2) is 30.8 Å². The number of amides is 1. The highest BCUT2D eigenvalue weighted by Crippen LogP contribution is 2.40. The number of anilines is 2. The molecule has 5 rings (SSSR count). The molecular formula is C24H19F3N6O2. The molecule has 3 heterocycles. The van der Waals surface area contributed by atoms with Crippen LogP contribution in [0.1, 0.15) is 27.0 Å². The maximum Gasteiger partial charge on any atom is 0.416 e. The lowest BCUT2D eigenvalue weighted by Gasteiger charge is -2.18. The number of rotatable bonds is 4. The first-order valence-electron chi connectivity index (χ1n) is 10.5. The van der Waals surface area contributed by atoms with Crippen LogP contribution in [0.25, 0.3) is 22.5 Å². The molecule has 4 aromatic rings. The van der Waals surface area contributed by atoms with Crippen molar-refractivity contribution >= 4 is 17.5 Å². The third-order valence-corrected chi connectivity index (χ3v) is 5.91. The standard InChI is InChI=1S/C24H19F3N6O2/c1-32-12-29-31-22(32)17-7-13(11-34)5-6-15(17)14-8-20(28)30-21(9-14)33-10-18-16(23(33)35)3-2-4-19(18)24(25,26)27/h2-9,12,34H,10-11H2,1H3,(H2,28,30). The van der Waals surface area contributed by atoms with Crippen molar-refractivity contribution in [2.75, 3.05) is 10.6 Å². The van der Waals surface area contributed by atoms with E-state index in [0.29, 0.717) is 28.1 Å². The van der Waals surface area contributed by atoms with Gasteiger partial charge in [0.25, 0.3) is 5.91 Å². The van der Waals surface area contributed by atoms with E-state index in [1.807, 2.05) is 0 Å². The number of nitrogens with two attached hydrogens (primary N) is 1. The fourth-order valence-corrected chi connectivity index (χ4v) is 4.27. The number of aliphatic hydroxyl groups excluding tert-OH is 1. The van der Waals surface area contributed by atoms with Gasteiger partial charge in [-0.3, -0.25) is 9.69 Å². The number of hydrogen-bond acceptors (Lipinski definition) is 6. The summed E-state index contributed by atoms with van der Waals surface area (Å²) in [5, 5.41) is 17.7. The molecule has 0 aliphatic carbocycles. The van der Waals surface area contributed by atoms with Crippen molar-refractivity contribution < 1.29 is 23.1 Å². The summed E-state index contributed by atoms with van der Waals surface area (Å²) in [5.41, 5.74) is 7.67. The van der Waals surface area contributed by atoms with Gasteiger partial charge in [-0.05, 0) is 52.6 Å². The number of alkyl halides is 3. The van der Waals surface area contributed by atoms with Crippen LogP contribution in [0.4, 0.5) is 24.8 Å². The van der Waals surface area contributed by atoms with Gasteiger partial charge in [0, 0.05) is 18.2 Å². The number of hydrogen-bond donors (Lipinski definition) is 2. The number of nitrogens with zero attached hydrogens (tertiary/aromatic N) is 5. The third-order valence-electron chi connectivity index (χ3n) is 5.91. The summed E-state index contributed by atoms with van der Waals surface area (Å²) in [6, 6.07) is 12.0. The van der Waals surface area contributed by atoms with Gasteiger partial charge in [-0.15, -0.1) is 10.2 Å². The van der Waals surface area contributed by atoms with E-state index in [1.54, 1.807) is 41.9 Å². The highest BCUT2D eigenvalue weighted by atomic mass is 19.4. The van der Waals surface area contributed by atoms with Crippen molar-refractivity contribution in [3.8, 4) is 22.5 Å². The number of pyridine rings is 1. The molecule has 1 amide bonds. The van der Waals surface area contributed by atoms with E-state index in [2.05, 4.69) is 15.2 Å². The van der Waals surface area contributed by atoms with Crippen LogP contribution in [0.2, 0.25) is 0 Å². The molecule has 0 saturated heterocycles. The zero-order valence-corrected chi connectivity index (χ0v) is 18.4. The molecule has 0 bridgehead atoms. The highest BCUT2D eigenvalue weighted by molar-refractivity contribution is 6.10. The van der Waals surface area contributed by atoms with Crippen molar-refractivity contribution in [2.45, 2.75) is 19.3 Å². The van der Waals surface area contributed by atoms with E-state index in [-0.39, 0.29) is 35.9 Å². The van der Waals surface area contributed by atoms with Gasteiger partial charge in [-0.25, -0.2) is 4.98 Å². The Hall–Kier alpha value is -4.25. The molecule has 11 heteroatoms. The molecule has 1 aliphatic rings. The Kier molecular flexibility index (Phi) is 5.28. The van der Waals surface area contributed by atoms with Crippen LogP contribution in [0.5, 0.6) is 0 Å². The Labute approximate surface area is 197 Å². The summed E-state index contributed by atoms with van der Waals surface area (Å²) in [6.45, 7) is -0.462. The smallest absolute Gasteiger partial charge is 0.392 e. The second kappa shape index (κ2) is 8.20. The van der Waals surface area contributed by atoms with Crippen molar-refractivity contribution in [1.29, 1.82) is 0 Å². The molecule has 2 aromatic heterocycles. The lowest BCUT2D eigenvalue weighted by Crippen LogP contribution is -2.24. The van der Waals surface area contributed by atoms with Gasteiger partial charge in [0.05, 0.1) is 18.7 Å². The minimum absolute atomic E-state index is 0.0160. The van der Waals surface area contributed by atoms with Crippen molar-refractivity contribution in [3.63, 3.8) is 0 Å². The molecule has 0 atom stereocenters. The zero-order chi connectivity index (χ0) is 24.9. The van der Waals surface area contributed by atoms with E-state index < -0.39 is 17.6 Å². The fraction of sp³-hybridized carbons (Fsp3) is 0.167. The van der Waals surface area contributed by atoms with Crippen molar-refractivity contribution in [2.24, 2.45) is 7.05 Å². The van der Waals surface area contributed by atoms with Gasteiger partial charge in [0.15, 0.2) is 5.82 Å². The molecule has 8 nitrogen and oxygen atoms in total. The number of carbonyl (C=O) groups excluding carboxylic acids is 1. The molecule has 0 spiro atoms. The Morgan fingerprint density at radius 2 is 1.89 bits per heavy atom. The van der Waals surface area contributed by atoms with Gasteiger partial charge in [0.2, 0.25) is 0 Å². The predicted octanol–water partition coefficient (Wildman–Crippen LogP) is 3.80. The first kappa shape index (κ1) is 22.5. The van der Waals surface area contributed by atoms with Crippen LogP contribution < -0.4 is 10.6 Å². The summed E-state index contributed by atoms with van der Waals surface area (Å²) in [5.74, 6) is 0.169. The third kappa shape index (κ3) is 3.89. The summed E-state index contributed by atoms with van der Waals surface area (Å²) < 4.78 is 42.3. The average Bonchev–Trinajstić information content (AvgIpc) is 3.40. The van der Waals surface area contributed by atoms with Crippen LogP contribution >= 0.6 is 0 Å². The quantitative estimate of drug-likeness (QED) is 0.460. The zero-order valence-electron chi connectivity index (χ0n) is 18.4. The van der Waals surface area contributed by atoms with E-state index in [9.17, 15) is 23.1 Å². The van der Waals surface area contributed by atoms with Crippen molar-refractivity contribution in [3.05, 3.63) is 77.1 Å². The van der Waals surface area contributed by atoms with E-state index >= 15 is 0 Å². The van der Waals surface area contributed by atoms with Crippen LogP contribution in [0.3, 0.4) is 0 Å². The second-order valence-corrected chi connectivity index (χ2v) is 8.16. The minimum Gasteiger partial charge on any atom is -0.392 e. The maximum absolute atomic E-state index is 13.5. The molecule has 3 N–H and O–H groups in total. The number of fused-ring (bicyclic) bond motifs is 1. The number of aryl methyl sites for hydroxylation is 1. The lowest BCUT2D eigenvalue weighted by molar-refractivity contribution is -0.138. The normalized spacial score (nSPS) is 13.4. The molecule has 0 saturated carbocycles. The van der Waals surface area contributed by atoms with Gasteiger partial charge < -0.3 is 15.4 Å². The molecule has 0 fully saturated rings. The number of nitrogen functional groups attached to an aromatic ring is 1. The molecule has 0 radical (unpaired) electrons. The SMILES string of the molecule is Cn1cnnc1-c1cc(CO)ccc1-c1cc(N)nc(N2Cc3c(cccc3C(F)(F)F)C2=O)c1. The van der Waals surface area contributed by atoms with E-state index in [0.717, 1.165) is 6.07 Å². The highest BCUT2D eigenvalue weighted by Gasteiger charge is 2.40. The van der Waals surface area contributed by atoms with Gasteiger partial charge in [0.1, 0.15) is 18.0 Å². The molecule has 2 aromatic carbocycles. The number of aromatic nitrogens is 4. The lowest BCUT2D eigenvalue weighted by atomic mass is 9.97.